The Morgan fingerprint density at radius 3 is 2.08 bits per heavy atom. The van der Waals surface area contributed by atoms with Gasteiger partial charge in [-0.05, 0) is 18.5 Å². The first-order valence-electron chi connectivity index (χ1n) is 4.90. The quantitative estimate of drug-likeness (QED) is 0.635. The molecule has 1 aromatic carbocycles. The van der Waals surface area contributed by atoms with E-state index in [2.05, 4.69) is 63.9 Å². The molecule has 0 aliphatic carbocycles. The van der Waals surface area contributed by atoms with Crippen LogP contribution in [0.4, 0.5) is 0 Å². The molecular weight excluding hydrogens is 157 g/mol. The highest BCUT2D eigenvalue weighted by Crippen LogP contribution is 2.19. The Morgan fingerprint density at radius 1 is 1.08 bits per heavy atom. The third-order valence-corrected chi connectivity index (χ3v) is 2.71. The van der Waals surface area contributed by atoms with E-state index < -0.39 is 0 Å². The van der Waals surface area contributed by atoms with Crippen LogP contribution in [-0.4, -0.2) is 18.8 Å². The average molecular weight is 175 g/mol. The highest BCUT2D eigenvalue weighted by Gasteiger charge is 2.12. The second-order valence-electron chi connectivity index (χ2n) is 3.85. The van der Waals surface area contributed by atoms with Gasteiger partial charge in [-0.15, -0.1) is 0 Å². The fraction of sp³-hybridized carbons (Fsp3) is 0.455. The minimum atomic E-state index is 0.501. The number of benzene rings is 1. The van der Waals surface area contributed by atoms with Crippen molar-refractivity contribution in [1.29, 1.82) is 0 Å². The van der Waals surface area contributed by atoms with Crippen LogP contribution < -0.4 is 0 Å². The lowest BCUT2D eigenvalue weighted by atomic mass is 10.0. The van der Waals surface area contributed by atoms with E-state index in [9.17, 15) is 0 Å². The van der Waals surface area contributed by atoms with Crippen molar-refractivity contribution in [3.63, 3.8) is 0 Å². The van der Waals surface area contributed by atoms with Crippen LogP contribution in [-0.2, 0) is 0 Å². The molecular formula is C11H18BN. The van der Waals surface area contributed by atoms with Gasteiger partial charge >= 0.3 is 0 Å². The van der Waals surface area contributed by atoms with Gasteiger partial charge in [0.1, 0.15) is 0 Å². The summed E-state index contributed by atoms with van der Waals surface area (Å²) >= 11 is 0. The van der Waals surface area contributed by atoms with Gasteiger partial charge in [-0.3, -0.25) is 0 Å². The van der Waals surface area contributed by atoms with Crippen LogP contribution in [0.5, 0.6) is 0 Å². The zero-order chi connectivity index (χ0) is 9.84. The fourth-order valence-corrected chi connectivity index (χ4v) is 1.41. The number of nitrogens with zero attached hydrogens (tertiary/aromatic N) is 1. The Bertz CT molecular complexity index is 246. The van der Waals surface area contributed by atoms with Gasteiger partial charge in [0.05, 0.1) is 0 Å². The molecule has 0 bridgehead atoms. The molecule has 0 spiro atoms. The van der Waals surface area contributed by atoms with Crippen LogP contribution >= 0.6 is 0 Å². The predicted molar refractivity (Wildman–Crippen MR) is 60.4 cm³/mol. The Labute approximate surface area is 82.2 Å². The van der Waals surface area contributed by atoms with Crippen molar-refractivity contribution in [3.05, 3.63) is 35.9 Å². The topological polar surface area (TPSA) is 3.24 Å². The average Bonchev–Trinajstić information content (AvgIpc) is 2.17. The lowest BCUT2D eigenvalue weighted by Crippen LogP contribution is -2.30. The molecule has 1 nitrogen and oxygen atoms in total. The molecule has 1 atom stereocenters. The van der Waals surface area contributed by atoms with E-state index in [4.69, 9.17) is 0 Å². The molecule has 0 radical (unpaired) electrons. The molecule has 2 heteroatoms. The molecule has 0 amide bonds. The Morgan fingerprint density at radius 2 is 1.62 bits per heavy atom. The summed E-state index contributed by atoms with van der Waals surface area (Å²) in [5.74, 6) is 0. The Kier molecular flexibility index (Phi) is 3.55. The largest absolute Gasteiger partial charge is 0.341 e. The van der Waals surface area contributed by atoms with E-state index in [-0.39, 0.29) is 0 Å². The summed E-state index contributed by atoms with van der Waals surface area (Å²) in [7, 11) is 2.17. The van der Waals surface area contributed by atoms with Gasteiger partial charge < -0.3 is 4.81 Å². The smallest absolute Gasteiger partial charge is 0.186 e. The van der Waals surface area contributed by atoms with Gasteiger partial charge in [0, 0.05) is 6.04 Å². The first-order chi connectivity index (χ1) is 6.13. The second kappa shape index (κ2) is 4.47. The maximum Gasteiger partial charge on any atom is 0.186 e. The maximum atomic E-state index is 2.37. The number of rotatable bonds is 3. The molecule has 0 saturated carbocycles. The second-order valence-corrected chi connectivity index (χ2v) is 3.85. The molecule has 1 aromatic rings. The third kappa shape index (κ3) is 2.59. The molecule has 0 heterocycles. The van der Waals surface area contributed by atoms with Crippen LogP contribution in [0.25, 0.3) is 0 Å². The molecule has 1 unspecified atom stereocenters. The molecule has 70 valence electrons. The van der Waals surface area contributed by atoms with Crippen molar-refractivity contribution in [2.45, 2.75) is 32.9 Å². The summed E-state index contributed by atoms with van der Waals surface area (Å²) in [6.45, 7) is 6.69. The molecule has 0 fully saturated rings. The van der Waals surface area contributed by atoms with Gasteiger partial charge in [-0.2, -0.15) is 0 Å². The van der Waals surface area contributed by atoms with Crippen molar-refractivity contribution in [3.8, 4) is 0 Å². The van der Waals surface area contributed by atoms with Crippen molar-refractivity contribution in [1.82, 2.24) is 4.81 Å². The molecule has 1 rings (SSSR count). The van der Waals surface area contributed by atoms with Gasteiger partial charge in [0.2, 0.25) is 0 Å². The van der Waals surface area contributed by atoms with Crippen molar-refractivity contribution >= 4 is 7.98 Å². The SMILES string of the molecule is BN(C(C)C)C(C)c1ccccc1. The van der Waals surface area contributed by atoms with Gasteiger partial charge in [0.15, 0.2) is 7.98 Å². The minimum Gasteiger partial charge on any atom is -0.341 e. The number of hydrogen-bond donors (Lipinski definition) is 0. The first-order valence-corrected chi connectivity index (χ1v) is 4.90. The van der Waals surface area contributed by atoms with Crippen molar-refractivity contribution in [2.24, 2.45) is 0 Å². The normalized spacial score (nSPS) is 13.6. The maximum absolute atomic E-state index is 2.37. The zero-order valence-corrected chi connectivity index (χ0v) is 8.99. The minimum absolute atomic E-state index is 0.501. The van der Waals surface area contributed by atoms with Crippen LogP contribution in [0, 0.1) is 0 Å². The highest BCUT2D eigenvalue weighted by atomic mass is 15.1. The van der Waals surface area contributed by atoms with Gasteiger partial charge in [-0.1, -0.05) is 44.2 Å². The summed E-state index contributed by atoms with van der Waals surface area (Å²) in [6.07, 6.45) is 0. The lowest BCUT2D eigenvalue weighted by molar-refractivity contribution is 0.308. The molecule has 13 heavy (non-hydrogen) atoms. The molecule has 0 aromatic heterocycles. The molecule has 0 N–H and O–H groups in total. The summed E-state index contributed by atoms with van der Waals surface area (Å²) < 4.78 is 0. The predicted octanol–water partition coefficient (Wildman–Crippen LogP) is 2.01. The first kappa shape index (κ1) is 10.3. The highest BCUT2D eigenvalue weighted by molar-refractivity contribution is 6.04. The van der Waals surface area contributed by atoms with Crippen LogP contribution in [0.15, 0.2) is 30.3 Å². The zero-order valence-electron chi connectivity index (χ0n) is 8.99. The Hall–Kier alpha value is -0.755. The summed E-state index contributed by atoms with van der Waals surface area (Å²) in [5.41, 5.74) is 1.39. The molecule has 0 aliphatic heterocycles. The van der Waals surface area contributed by atoms with Crippen LogP contribution in [0.2, 0.25) is 0 Å². The molecule has 0 saturated heterocycles. The standard InChI is InChI=1S/C11H18BN/c1-9(2)13(12)10(3)11-7-5-4-6-8-11/h4-10H,12H2,1-3H3. The van der Waals surface area contributed by atoms with E-state index in [1.54, 1.807) is 0 Å². The van der Waals surface area contributed by atoms with Crippen LogP contribution in [0.1, 0.15) is 32.4 Å². The third-order valence-electron chi connectivity index (χ3n) is 2.71. The lowest BCUT2D eigenvalue weighted by Gasteiger charge is -2.29. The van der Waals surface area contributed by atoms with Crippen molar-refractivity contribution in [2.75, 3.05) is 0 Å². The van der Waals surface area contributed by atoms with E-state index in [0.717, 1.165) is 0 Å². The summed E-state index contributed by atoms with van der Waals surface area (Å²) in [6, 6.07) is 11.7. The Balaban J connectivity index is 2.73. The number of hydrogen-bond acceptors (Lipinski definition) is 1. The molecule has 0 aliphatic rings. The van der Waals surface area contributed by atoms with E-state index >= 15 is 0 Å². The van der Waals surface area contributed by atoms with Crippen LogP contribution in [0.3, 0.4) is 0 Å². The monoisotopic (exact) mass is 175 g/mol. The van der Waals surface area contributed by atoms with Gasteiger partial charge in [0.25, 0.3) is 0 Å². The van der Waals surface area contributed by atoms with Gasteiger partial charge in [-0.25, -0.2) is 0 Å². The summed E-state index contributed by atoms with van der Waals surface area (Å²) in [5, 5.41) is 0. The fourth-order valence-electron chi connectivity index (χ4n) is 1.41. The van der Waals surface area contributed by atoms with E-state index in [1.807, 2.05) is 0 Å². The van der Waals surface area contributed by atoms with E-state index in [1.165, 1.54) is 5.56 Å². The van der Waals surface area contributed by atoms with E-state index in [0.29, 0.717) is 12.1 Å². The van der Waals surface area contributed by atoms with Crippen molar-refractivity contribution < 1.29 is 0 Å². The summed E-state index contributed by atoms with van der Waals surface area (Å²) in [4.78, 5) is 2.37.